The van der Waals surface area contributed by atoms with Gasteiger partial charge in [0.1, 0.15) is 0 Å². The largest absolute Gasteiger partial charge is 0.352 e. The first-order valence-electron chi connectivity index (χ1n) is 8.31. The minimum absolute atomic E-state index is 0.130. The maximum Gasteiger partial charge on any atom is 0.234 e. The Hall–Kier alpha value is -0.790. The summed E-state index contributed by atoms with van der Waals surface area (Å²) in [7, 11) is 0. The Kier molecular flexibility index (Phi) is 5.60. The molecule has 0 aromatic carbocycles. The highest BCUT2D eigenvalue weighted by Gasteiger charge is 2.27. The molecule has 1 atom stereocenters. The fourth-order valence-corrected chi connectivity index (χ4v) is 3.90. The Labute approximate surface area is 136 Å². The number of hydrogen-bond donors (Lipinski definition) is 2. The summed E-state index contributed by atoms with van der Waals surface area (Å²) in [6.07, 6.45) is 2.86. The van der Waals surface area contributed by atoms with Gasteiger partial charge in [-0.25, -0.2) is 0 Å². The zero-order chi connectivity index (χ0) is 15.4. The number of nitrogens with one attached hydrogen (secondary N) is 2. The van der Waals surface area contributed by atoms with Crippen LogP contribution in [0.15, 0.2) is 0 Å². The normalized spacial score (nSPS) is 26.7. The summed E-state index contributed by atoms with van der Waals surface area (Å²) in [4.78, 5) is 28.2. The molecule has 124 valence electrons. The van der Waals surface area contributed by atoms with Gasteiger partial charge in [-0.3, -0.25) is 14.5 Å². The molecule has 2 amide bonds. The van der Waals surface area contributed by atoms with E-state index in [0.717, 1.165) is 57.1 Å². The number of rotatable bonds is 5. The van der Waals surface area contributed by atoms with Crippen molar-refractivity contribution in [1.29, 1.82) is 0 Å². The Bertz CT molecular complexity index is 402. The second kappa shape index (κ2) is 7.66. The first kappa shape index (κ1) is 16.1. The van der Waals surface area contributed by atoms with Gasteiger partial charge in [-0.15, -0.1) is 0 Å². The number of carbonyl (C=O) groups excluding carboxylic acids is 2. The van der Waals surface area contributed by atoms with Gasteiger partial charge in [0.25, 0.3) is 0 Å². The second-order valence-electron chi connectivity index (χ2n) is 6.43. The van der Waals surface area contributed by atoms with Crippen molar-refractivity contribution in [1.82, 2.24) is 20.4 Å². The van der Waals surface area contributed by atoms with Gasteiger partial charge < -0.3 is 15.5 Å². The van der Waals surface area contributed by atoms with Crippen molar-refractivity contribution < 1.29 is 9.59 Å². The van der Waals surface area contributed by atoms with Crippen LogP contribution in [0, 0.1) is 0 Å². The van der Waals surface area contributed by atoms with Crippen LogP contribution in [-0.4, -0.2) is 84.5 Å². The molecule has 2 N–H and O–H groups in total. The molecular weight excluding hydrogens is 300 g/mol. The highest BCUT2D eigenvalue weighted by atomic mass is 32.2. The summed E-state index contributed by atoms with van der Waals surface area (Å²) >= 11 is 1.92. The Balaban J connectivity index is 1.35. The molecule has 3 rings (SSSR count). The standard InChI is InChI=1S/C15H26N4O2S/c20-14(17-12-1-2-12)10-18-4-6-19(7-5-18)15(21)9-13-11-22-8-3-16-13/h12-13,16H,1-11H2,(H,17,20). The smallest absolute Gasteiger partial charge is 0.234 e. The molecule has 22 heavy (non-hydrogen) atoms. The quantitative estimate of drug-likeness (QED) is 0.713. The van der Waals surface area contributed by atoms with E-state index in [-0.39, 0.29) is 11.8 Å². The lowest BCUT2D eigenvalue weighted by Crippen LogP contribution is -2.52. The van der Waals surface area contributed by atoms with Crippen molar-refractivity contribution in [3.8, 4) is 0 Å². The predicted octanol–water partition coefficient (Wildman–Crippen LogP) is -0.496. The predicted molar refractivity (Wildman–Crippen MR) is 87.9 cm³/mol. The van der Waals surface area contributed by atoms with E-state index in [1.807, 2.05) is 16.7 Å². The maximum atomic E-state index is 12.3. The highest BCUT2D eigenvalue weighted by Crippen LogP contribution is 2.18. The molecule has 0 radical (unpaired) electrons. The van der Waals surface area contributed by atoms with Crippen LogP contribution in [0.1, 0.15) is 19.3 Å². The van der Waals surface area contributed by atoms with Crippen LogP contribution in [-0.2, 0) is 9.59 Å². The second-order valence-corrected chi connectivity index (χ2v) is 7.58. The number of thioether (sulfide) groups is 1. The van der Waals surface area contributed by atoms with E-state index >= 15 is 0 Å². The van der Waals surface area contributed by atoms with Gasteiger partial charge >= 0.3 is 0 Å². The van der Waals surface area contributed by atoms with Crippen molar-refractivity contribution in [3.63, 3.8) is 0 Å². The van der Waals surface area contributed by atoms with Crippen molar-refractivity contribution >= 4 is 23.6 Å². The first-order chi connectivity index (χ1) is 10.7. The summed E-state index contributed by atoms with van der Waals surface area (Å²) in [5, 5.41) is 6.43. The van der Waals surface area contributed by atoms with E-state index < -0.39 is 0 Å². The molecule has 1 unspecified atom stereocenters. The van der Waals surface area contributed by atoms with E-state index in [0.29, 0.717) is 25.0 Å². The molecule has 3 aliphatic rings. The molecule has 2 saturated heterocycles. The van der Waals surface area contributed by atoms with Crippen LogP contribution >= 0.6 is 11.8 Å². The van der Waals surface area contributed by atoms with Crippen molar-refractivity contribution in [2.75, 3.05) is 50.8 Å². The third-order valence-corrected chi connectivity index (χ3v) is 5.59. The molecule has 3 fully saturated rings. The van der Waals surface area contributed by atoms with E-state index in [4.69, 9.17) is 0 Å². The highest BCUT2D eigenvalue weighted by molar-refractivity contribution is 7.99. The number of carbonyl (C=O) groups is 2. The van der Waals surface area contributed by atoms with Crippen LogP contribution in [0.4, 0.5) is 0 Å². The molecule has 2 aliphatic heterocycles. The maximum absolute atomic E-state index is 12.3. The minimum Gasteiger partial charge on any atom is -0.352 e. The summed E-state index contributed by atoms with van der Waals surface area (Å²) < 4.78 is 0. The number of nitrogens with zero attached hydrogens (tertiary/aromatic N) is 2. The van der Waals surface area contributed by atoms with Gasteiger partial charge in [-0.1, -0.05) is 0 Å². The van der Waals surface area contributed by atoms with Crippen LogP contribution in [0.25, 0.3) is 0 Å². The fraction of sp³-hybridized carbons (Fsp3) is 0.867. The summed E-state index contributed by atoms with van der Waals surface area (Å²) in [6, 6.07) is 0.754. The zero-order valence-electron chi connectivity index (χ0n) is 13.1. The van der Waals surface area contributed by atoms with Crippen LogP contribution < -0.4 is 10.6 Å². The zero-order valence-corrected chi connectivity index (χ0v) is 13.9. The first-order valence-corrected chi connectivity index (χ1v) is 9.47. The number of amides is 2. The van der Waals surface area contributed by atoms with Crippen LogP contribution in [0.3, 0.4) is 0 Å². The Morgan fingerprint density at radius 2 is 1.95 bits per heavy atom. The van der Waals surface area contributed by atoms with Gasteiger partial charge in [0.05, 0.1) is 6.54 Å². The Morgan fingerprint density at radius 1 is 1.18 bits per heavy atom. The molecule has 0 spiro atoms. The van der Waals surface area contributed by atoms with E-state index in [9.17, 15) is 9.59 Å². The van der Waals surface area contributed by atoms with E-state index in [2.05, 4.69) is 15.5 Å². The topological polar surface area (TPSA) is 64.7 Å². The molecule has 2 heterocycles. The summed E-state index contributed by atoms with van der Waals surface area (Å²) in [5.74, 6) is 2.56. The van der Waals surface area contributed by atoms with Gasteiger partial charge in [0, 0.05) is 62.7 Å². The average Bonchev–Trinajstić information content (AvgIpc) is 3.32. The van der Waals surface area contributed by atoms with Gasteiger partial charge in [-0.2, -0.15) is 11.8 Å². The number of piperazine rings is 1. The van der Waals surface area contributed by atoms with Crippen molar-refractivity contribution in [2.45, 2.75) is 31.3 Å². The monoisotopic (exact) mass is 326 g/mol. The van der Waals surface area contributed by atoms with Crippen molar-refractivity contribution in [2.24, 2.45) is 0 Å². The van der Waals surface area contributed by atoms with E-state index in [1.54, 1.807) is 0 Å². The minimum atomic E-state index is 0.130. The lowest BCUT2D eigenvalue weighted by atomic mass is 10.2. The molecule has 1 saturated carbocycles. The summed E-state index contributed by atoms with van der Waals surface area (Å²) in [5.41, 5.74) is 0. The molecule has 0 aromatic heterocycles. The lowest BCUT2D eigenvalue weighted by molar-refractivity contribution is -0.133. The van der Waals surface area contributed by atoms with Gasteiger partial charge in [0.15, 0.2) is 0 Å². The van der Waals surface area contributed by atoms with Gasteiger partial charge in [-0.05, 0) is 12.8 Å². The SMILES string of the molecule is O=C(CN1CCN(C(=O)CC2CSCCN2)CC1)NC1CC1. The molecule has 0 aromatic rings. The number of hydrogen-bond acceptors (Lipinski definition) is 5. The van der Waals surface area contributed by atoms with E-state index in [1.165, 1.54) is 0 Å². The van der Waals surface area contributed by atoms with Crippen LogP contribution in [0.2, 0.25) is 0 Å². The third kappa shape index (κ3) is 4.86. The average molecular weight is 326 g/mol. The van der Waals surface area contributed by atoms with Gasteiger partial charge in [0.2, 0.25) is 11.8 Å². The van der Waals surface area contributed by atoms with Crippen molar-refractivity contribution in [3.05, 3.63) is 0 Å². The summed E-state index contributed by atoms with van der Waals surface area (Å²) in [6.45, 7) is 4.57. The molecular formula is C15H26N4O2S. The molecule has 7 heteroatoms. The molecule has 0 bridgehead atoms. The third-order valence-electron chi connectivity index (χ3n) is 4.45. The molecule has 6 nitrogen and oxygen atoms in total. The fourth-order valence-electron chi connectivity index (χ4n) is 2.95. The Morgan fingerprint density at radius 3 is 2.59 bits per heavy atom. The van der Waals surface area contributed by atoms with Crippen LogP contribution in [0.5, 0.6) is 0 Å². The molecule has 1 aliphatic carbocycles. The lowest BCUT2D eigenvalue weighted by Gasteiger charge is -2.35.